The minimum Gasteiger partial charge on any atom is -0.480 e. The second kappa shape index (κ2) is 5.02. The summed E-state index contributed by atoms with van der Waals surface area (Å²) in [4.78, 5) is 10.8. The molecule has 0 saturated carbocycles. The van der Waals surface area contributed by atoms with E-state index in [4.69, 9.17) is 10.8 Å². The van der Waals surface area contributed by atoms with E-state index >= 15 is 0 Å². The van der Waals surface area contributed by atoms with Crippen molar-refractivity contribution >= 4 is 5.97 Å². The quantitative estimate of drug-likeness (QED) is 0.868. The summed E-state index contributed by atoms with van der Waals surface area (Å²) < 4.78 is 0. The first-order valence-electron chi connectivity index (χ1n) is 5.74. The van der Waals surface area contributed by atoms with Crippen molar-refractivity contribution in [3.8, 4) is 11.1 Å². The van der Waals surface area contributed by atoms with E-state index < -0.39 is 12.0 Å². The van der Waals surface area contributed by atoms with Gasteiger partial charge in [0.25, 0.3) is 0 Å². The van der Waals surface area contributed by atoms with E-state index in [9.17, 15) is 4.79 Å². The smallest absolute Gasteiger partial charge is 0.325 e. The molecule has 3 N–H and O–H groups in total. The summed E-state index contributed by atoms with van der Waals surface area (Å²) in [6.45, 7) is 1.96. The van der Waals surface area contributed by atoms with Crippen molar-refractivity contribution in [2.45, 2.75) is 13.0 Å². The molecule has 18 heavy (non-hydrogen) atoms. The van der Waals surface area contributed by atoms with Gasteiger partial charge in [-0.3, -0.25) is 4.79 Å². The first-order chi connectivity index (χ1) is 8.59. The van der Waals surface area contributed by atoms with Crippen LogP contribution in [0.1, 0.15) is 17.2 Å². The molecule has 0 aliphatic carbocycles. The minimum absolute atomic E-state index is 0.625. The predicted molar refractivity (Wildman–Crippen MR) is 71.2 cm³/mol. The normalized spacial score (nSPS) is 12.1. The average molecular weight is 241 g/mol. The Hall–Kier alpha value is -2.13. The molecule has 0 spiro atoms. The fourth-order valence-electron chi connectivity index (χ4n) is 1.96. The van der Waals surface area contributed by atoms with Gasteiger partial charge in [-0.1, -0.05) is 48.5 Å². The van der Waals surface area contributed by atoms with E-state index in [2.05, 4.69) is 0 Å². The van der Waals surface area contributed by atoms with Crippen LogP contribution in [0.3, 0.4) is 0 Å². The van der Waals surface area contributed by atoms with Crippen molar-refractivity contribution in [3.63, 3.8) is 0 Å². The Morgan fingerprint density at radius 1 is 1.17 bits per heavy atom. The lowest BCUT2D eigenvalue weighted by Crippen LogP contribution is -2.20. The second-order valence-corrected chi connectivity index (χ2v) is 4.26. The van der Waals surface area contributed by atoms with Crippen LogP contribution in [0.4, 0.5) is 0 Å². The number of nitrogens with two attached hydrogens (primary N) is 1. The molecule has 0 saturated heterocycles. The minimum atomic E-state index is -1.01. The molecule has 3 heteroatoms. The molecule has 0 bridgehead atoms. The number of aliphatic carboxylic acids is 1. The van der Waals surface area contributed by atoms with Gasteiger partial charge in [-0.25, -0.2) is 0 Å². The van der Waals surface area contributed by atoms with Gasteiger partial charge in [0.05, 0.1) is 0 Å². The fraction of sp³-hybridized carbons (Fsp3) is 0.133. The van der Waals surface area contributed by atoms with E-state index in [1.807, 2.05) is 49.4 Å². The molecule has 0 aliphatic rings. The highest BCUT2D eigenvalue weighted by molar-refractivity contribution is 5.76. The molecular formula is C15H15NO2. The molecule has 3 nitrogen and oxygen atoms in total. The summed E-state index contributed by atoms with van der Waals surface area (Å²) in [5.41, 5.74) is 9.45. The van der Waals surface area contributed by atoms with Gasteiger partial charge in [-0.2, -0.15) is 0 Å². The van der Waals surface area contributed by atoms with Crippen LogP contribution in [-0.4, -0.2) is 11.1 Å². The van der Waals surface area contributed by atoms with E-state index in [1.165, 1.54) is 0 Å². The first-order valence-corrected chi connectivity index (χ1v) is 5.74. The Kier molecular flexibility index (Phi) is 3.44. The van der Waals surface area contributed by atoms with Crippen LogP contribution >= 0.6 is 0 Å². The monoisotopic (exact) mass is 241 g/mol. The number of carboxylic acids is 1. The van der Waals surface area contributed by atoms with Crippen LogP contribution in [0.25, 0.3) is 11.1 Å². The highest BCUT2D eigenvalue weighted by atomic mass is 16.4. The third kappa shape index (κ3) is 2.41. The molecule has 0 heterocycles. The van der Waals surface area contributed by atoms with Crippen molar-refractivity contribution in [1.29, 1.82) is 0 Å². The molecule has 0 amide bonds. The molecule has 0 fully saturated rings. The molecule has 2 rings (SSSR count). The van der Waals surface area contributed by atoms with Crippen LogP contribution in [-0.2, 0) is 4.79 Å². The first kappa shape index (κ1) is 12.3. The van der Waals surface area contributed by atoms with Crippen LogP contribution in [0.15, 0.2) is 48.5 Å². The fourth-order valence-corrected chi connectivity index (χ4v) is 1.96. The summed E-state index contributed by atoms with van der Waals surface area (Å²) in [6, 6.07) is 14.5. The summed E-state index contributed by atoms with van der Waals surface area (Å²) in [5.74, 6) is -1.01. The molecule has 92 valence electrons. The highest BCUT2D eigenvalue weighted by Gasteiger charge is 2.15. The van der Waals surface area contributed by atoms with Crippen LogP contribution in [0.2, 0.25) is 0 Å². The third-order valence-corrected chi connectivity index (χ3v) is 2.96. The topological polar surface area (TPSA) is 63.3 Å². The number of benzene rings is 2. The van der Waals surface area contributed by atoms with Crippen molar-refractivity contribution < 1.29 is 9.90 Å². The number of hydrogen-bond acceptors (Lipinski definition) is 2. The largest absolute Gasteiger partial charge is 0.480 e. The molecular weight excluding hydrogens is 226 g/mol. The lowest BCUT2D eigenvalue weighted by Gasteiger charge is -2.11. The maximum absolute atomic E-state index is 10.8. The number of rotatable bonds is 3. The van der Waals surface area contributed by atoms with Gasteiger partial charge >= 0.3 is 5.97 Å². The van der Waals surface area contributed by atoms with Crippen molar-refractivity contribution in [3.05, 3.63) is 59.7 Å². The van der Waals surface area contributed by atoms with Crippen molar-refractivity contribution in [2.75, 3.05) is 0 Å². The van der Waals surface area contributed by atoms with Crippen LogP contribution in [0.5, 0.6) is 0 Å². The van der Waals surface area contributed by atoms with Gasteiger partial charge in [0, 0.05) is 0 Å². The SMILES string of the molecule is Cc1cc(C(N)C(=O)O)ccc1-c1ccccc1. The zero-order valence-electron chi connectivity index (χ0n) is 10.1. The summed E-state index contributed by atoms with van der Waals surface area (Å²) in [6.07, 6.45) is 0. The Morgan fingerprint density at radius 3 is 2.39 bits per heavy atom. The molecule has 0 aliphatic heterocycles. The van der Waals surface area contributed by atoms with Crippen LogP contribution < -0.4 is 5.73 Å². The molecule has 0 radical (unpaired) electrons. The van der Waals surface area contributed by atoms with Gasteiger partial charge in [0.2, 0.25) is 0 Å². The molecule has 1 atom stereocenters. The number of carbonyl (C=O) groups is 1. The Bertz CT molecular complexity index is 564. The van der Waals surface area contributed by atoms with Gasteiger partial charge < -0.3 is 10.8 Å². The summed E-state index contributed by atoms with van der Waals surface area (Å²) in [5, 5.41) is 8.89. The molecule has 1 unspecified atom stereocenters. The Morgan fingerprint density at radius 2 is 1.83 bits per heavy atom. The van der Waals surface area contributed by atoms with Gasteiger partial charge in [-0.05, 0) is 29.2 Å². The highest BCUT2D eigenvalue weighted by Crippen LogP contribution is 2.25. The van der Waals surface area contributed by atoms with Gasteiger partial charge in [0.1, 0.15) is 6.04 Å². The second-order valence-electron chi connectivity index (χ2n) is 4.26. The zero-order chi connectivity index (χ0) is 13.1. The van der Waals surface area contributed by atoms with E-state index in [0.29, 0.717) is 5.56 Å². The number of aryl methyl sites for hydroxylation is 1. The maximum atomic E-state index is 10.8. The van der Waals surface area contributed by atoms with Crippen molar-refractivity contribution in [2.24, 2.45) is 5.73 Å². The van der Waals surface area contributed by atoms with Gasteiger partial charge in [0.15, 0.2) is 0 Å². The molecule has 2 aromatic carbocycles. The zero-order valence-corrected chi connectivity index (χ0v) is 10.1. The lowest BCUT2D eigenvalue weighted by atomic mass is 9.96. The Balaban J connectivity index is 2.40. The van der Waals surface area contributed by atoms with E-state index in [0.717, 1.165) is 16.7 Å². The van der Waals surface area contributed by atoms with Crippen LogP contribution in [0, 0.1) is 6.92 Å². The number of carboxylic acid groups (broad SMARTS) is 1. The van der Waals surface area contributed by atoms with Crippen molar-refractivity contribution in [1.82, 2.24) is 0 Å². The maximum Gasteiger partial charge on any atom is 0.325 e. The molecule has 2 aromatic rings. The average Bonchev–Trinajstić information content (AvgIpc) is 2.38. The summed E-state index contributed by atoms with van der Waals surface area (Å²) in [7, 11) is 0. The predicted octanol–water partition coefficient (Wildman–Crippen LogP) is 2.75. The summed E-state index contributed by atoms with van der Waals surface area (Å²) >= 11 is 0. The lowest BCUT2D eigenvalue weighted by molar-refractivity contribution is -0.138. The van der Waals surface area contributed by atoms with E-state index in [-0.39, 0.29) is 0 Å². The number of hydrogen-bond donors (Lipinski definition) is 2. The Labute approximate surface area is 106 Å². The van der Waals surface area contributed by atoms with E-state index in [1.54, 1.807) is 6.07 Å². The third-order valence-electron chi connectivity index (χ3n) is 2.96. The molecule has 0 aromatic heterocycles. The standard InChI is InChI=1S/C15H15NO2/c1-10-9-12(14(16)15(17)18)7-8-13(10)11-5-3-2-4-6-11/h2-9,14H,16H2,1H3,(H,17,18). The van der Waals surface area contributed by atoms with Gasteiger partial charge in [-0.15, -0.1) is 0 Å².